The van der Waals surface area contributed by atoms with Crippen molar-refractivity contribution in [2.24, 2.45) is 0 Å². The quantitative estimate of drug-likeness (QED) is 0.869. The molecule has 2 aliphatic heterocycles. The van der Waals surface area contributed by atoms with Gasteiger partial charge in [-0.15, -0.1) is 0 Å². The van der Waals surface area contributed by atoms with Gasteiger partial charge in [-0.25, -0.2) is 4.52 Å². The number of nitrogens with one attached hydrogen (secondary N) is 1. The number of aromatic nitrogens is 2. The molecule has 1 amide bonds. The minimum Gasteiger partial charge on any atom is -0.366 e. The number of ether oxygens (including phenoxy) is 1. The van der Waals surface area contributed by atoms with Crippen LogP contribution in [-0.4, -0.2) is 52.3 Å². The van der Waals surface area contributed by atoms with E-state index in [9.17, 15) is 4.79 Å². The maximum Gasteiger partial charge on any atom is 0.246 e. The van der Waals surface area contributed by atoms with Crippen molar-refractivity contribution in [3.63, 3.8) is 0 Å². The Balaban J connectivity index is 1.50. The fraction of sp³-hybridized carbons (Fsp3) is 0.467. The standard InChI is InChI=1S/C15H18N4O2/c20-15-10-21-14-5-7-18(9-13(14)17-15)8-12-3-1-2-11-4-6-16-19(11)12/h1-4,6,13-14H,5,7-10H2,(H,17,20)/t13-,14+/m0/s1. The first-order valence-electron chi connectivity index (χ1n) is 7.34. The van der Waals surface area contributed by atoms with E-state index in [1.165, 1.54) is 5.69 Å². The monoisotopic (exact) mass is 286 g/mol. The number of pyridine rings is 1. The zero-order valence-electron chi connectivity index (χ0n) is 11.7. The lowest BCUT2D eigenvalue weighted by molar-refractivity contribution is -0.140. The summed E-state index contributed by atoms with van der Waals surface area (Å²) >= 11 is 0. The molecule has 0 unspecified atom stereocenters. The molecule has 110 valence electrons. The van der Waals surface area contributed by atoms with Crippen molar-refractivity contribution < 1.29 is 9.53 Å². The Morgan fingerprint density at radius 1 is 1.38 bits per heavy atom. The third kappa shape index (κ3) is 2.41. The summed E-state index contributed by atoms with van der Waals surface area (Å²) in [5, 5.41) is 7.41. The predicted molar refractivity (Wildman–Crippen MR) is 76.8 cm³/mol. The molecule has 0 radical (unpaired) electrons. The van der Waals surface area contributed by atoms with E-state index in [2.05, 4.69) is 33.5 Å². The van der Waals surface area contributed by atoms with Crippen LogP contribution in [0.3, 0.4) is 0 Å². The summed E-state index contributed by atoms with van der Waals surface area (Å²) in [6.07, 6.45) is 2.94. The highest BCUT2D eigenvalue weighted by molar-refractivity contribution is 5.78. The summed E-state index contributed by atoms with van der Waals surface area (Å²) in [5.41, 5.74) is 2.27. The number of nitrogens with zero attached hydrogens (tertiary/aromatic N) is 3. The van der Waals surface area contributed by atoms with Gasteiger partial charge in [0.15, 0.2) is 0 Å². The molecule has 0 aromatic carbocycles. The largest absolute Gasteiger partial charge is 0.366 e. The first-order valence-corrected chi connectivity index (χ1v) is 7.34. The topological polar surface area (TPSA) is 58.9 Å². The average Bonchev–Trinajstić information content (AvgIpc) is 2.96. The second kappa shape index (κ2) is 5.13. The Kier molecular flexibility index (Phi) is 3.12. The highest BCUT2D eigenvalue weighted by Crippen LogP contribution is 2.19. The predicted octanol–water partition coefficient (Wildman–Crippen LogP) is 0.424. The summed E-state index contributed by atoms with van der Waals surface area (Å²) in [6, 6.07) is 8.33. The number of fused-ring (bicyclic) bond motifs is 2. The molecule has 6 nitrogen and oxygen atoms in total. The van der Waals surface area contributed by atoms with Gasteiger partial charge in [0.25, 0.3) is 0 Å². The second-order valence-electron chi connectivity index (χ2n) is 5.73. The number of rotatable bonds is 2. The summed E-state index contributed by atoms with van der Waals surface area (Å²) in [4.78, 5) is 13.8. The molecule has 0 aliphatic carbocycles. The van der Waals surface area contributed by atoms with Gasteiger partial charge in [0, 0.05) is 25.8 Å². The fourth-order valence-corrected chi connectivity index (χ4v) is 3.27. The molecular weight excluding hydrogens is 268 g/mol. The molecular formula is C15H18N4O2. The molecule has 2 aliphatic rings. The maximum atomic E-state index is 11.5. The lowest BCUT2D eigenvalue weighted by atomic mass is 10.0. The van der Waals surface area contributed by atoms with Gasteiger partial charge in [-0.2, -0.15) is 5.10 Å². The van der Waals surface area contributed by atoms with Crippen LogP contribution >= 0.6 is 0 Å². The van der Waals surface area contributed by atoms with Crippen molar-refractivity contribution in [1.82, 2.24) is 19.8 Å². The van der Waals surface area contributed by atoms with Gasteiger partial charge < -0.3 is 10.1 Å². The second-order valence-corrected chi connectivity index (χ2v) is 5.73. The number of morpholine rings is 1. The van der Waals surface area contributed by atoms with Crippen molar-refractivity contribution in [2.75, 3.05) is 19.7 Å². The smallest absolute Gasteiger partial charge is 0.246 e. The number of carbonyl (C=O) groups is 1. The van der Waals surface area contributed by atoms with E-state index in [0.717, 1.165) is 31.6 Å². The summed E-state index contributed by atoms with van der Waals surface area (Å²) in [5.74, 6) is -0.00715. The Hall–Kier alpha value is -1.92. The van der Waals surface area contributed by atoms with Gasteiger partial charge in [0.2, 0.25) is 5.91 Å². The Morgan fingerprint density at radius 2 is 2.33 bits per heavy atom. The highest BCUT2D eigenvalue weighted by atomic mass is 16.5. The Bertz CT molecular complexity index is 668. The normalized spacial score (nSPS) is 26.6. The van der Waals surface area contributed by atoms with Crippen LogP contribution in [0.1, 0.15) is 12.1 Å². The molecule has 2 fully saturated rings. The molecule has 2 aromatic heterocycles. The van der Waals surface area contributed by atoms with E-state index in [1.54, 1.807) is 0 Å². The summed E-state index contributed by atoms with van der Waals surface area (Å²) in [6.45, 7) is 2.84. The van der Waals surface area contributed by atoms with Crippen molar-refractivity contribution in [2.45, 2.75) is 25.1 Å². The first kappa shape index (κ1) is 12.8. The molecule has 0 spiro atoms. The minimum atomic E-state index is -0.00715. The fourth-order valence-electron chi connectivity index (χ4n) is 3.27. The molecule has 21 heavy (non-hydrogen) atoms. The number of likely N-dealkylation sites (tertiary alicyclic amines) is 1. The zero-order valence-corrected chi connectivity index (χ0v) is 11.7. The third-order valence-corrected chi connectivity index (χ3v) is 4.29. The highest BCUT2D eigenvalue weighted by Gasteiger charge is 2.34. The van der Waals surface area contributed by atoms with E-state index in [1.807, 2.05) is 16.8 Å². The minimum absolute atomic E-state index is 0.00715. The van der Waals surface area contributed by atoms with Gasteiger partial charge in [-0.05, 0) is 24.6 Å². The van der Waals surface area contributed by atoms with Gasteiger partial charge in [0.05, 0.1) is 23.4 Å². The van der Waals surface area contributed by atoms with Crippen molar-refractivity contribution >= 4 is 11.4 Å². The van der Waals surface area contributed by atoms with Crippen LogP contribution in [0.5, 0.6) is 0 Å². The molecule has 4 heterocycles. The maximum absolute atomic E-state index is 11.5. The van der Waals surface area contributed by atoms with Crippen molar-refractivity contribution in [3.05, 3.63) is 36.2 Å². The number of hydrogen-bond acceptors (Lipinski definition) is 4. The lowest BCUT2D eigenvalue weighted by Crippen LogP contribution is -2.60. The van der Waals surface area contributed by atoms with Crippen LogP contribution < -0.4 is 5.32 Å². The summed E-state index contributed by atoms with van der Waals surface area (Å²) < 4.78 is 7.57. The van der Waals surface area contributed by atoms with Gasteiger partial charge >= 0.3 is 0 Å². The van der Waals surface area contributed by atoms with Crippen LogP contribution in [0.4, 0.5) is 0 Å². The van der Waals surface area contributed by atoms with E-state index < -0.39 is 0 Å². The van der Waals surface area contributed by atoms with Gasteiger partial charge in [-0.3, -0.25) is 9.69 Å². The number of hydrogen-bond donors (Lipinski definition) is 1. The molecule has 6 heteroatoms. The van der Waals surface area contributed by atoms with E-state index in [0.29, 0.717) is 0 Å². The van der Waals surface area contributed by atoms with E-state index in [-0.39, 0.29) is 24.7 Å². The SMILES string of the molecule is O=C1CO[C@@H]2CCN(Cc3cccc4ccnn34)C[C@@H]2N1. The van der Waals surface area contributed by atoms with Gasteiger partial charge in [-0.1, -0.05) is 6.07 Å². The lowest BCUT2D eigenvalue weighted by Gasteiger charge is -2.41. The van der Waals surface area contributed by atoms with Crippen molar-refractivity contribution in [3.8, 4) is 0 Å². The van der Waals surface area contributed by atoms with Gasteiger partial charge in [0.1, 0.15) is 6.61 Å². The number of amides is 1. The van der Waals surface area contributed by atoms with Crippen LogP contribution in [-0.2, 0) is 16.1 Å². The molecule has 0 saturated carbocycles. The number of carbonyl (C=O) groups excluding carboxylic acids is 1. The zero-order chi connectivity index (χ0) is 14.2. The molecule has 2 saturated heterocycles. The molecule has 4 rings (SSSR count). The van der Waals surface area contributed by atoms with Crippen LogP contribution in [0.2, 0.25) is 0 Å². The van der Waals surface area contributed by atoms with Crippen LogP contribution in [0.15, 0.2) is 30.5 Å². The van der Waals surface area contributed by atoms with Crippen LogP contribution in [0, 0.1) is 0 Å². The first-order chi connectivity index (χ1) is 10.3. The Labute approximate surface area is 122 Å². The van der Waals surface area contributed by atoms with E-state index in [4.69, 9.17) is 4.74 Å². The average molecular weight is 286 g/mol. The Morgan fingerprint density at radius 3 is 3.29 bits per heavy atom. The molecule has 0 bridgehead atoms. The molecule has 2 atom stereocenters. The third-order valence-electron chi connectivity index (χ3n) is 4.29. The van der Waals surface area contributed by atoms with Crippen molar-refractivity contribution in [1.29, 1.82) is 0 Å². The summed E-state index contributed by atoms with van der Waals surface area (Å²) in [7, 11) is 0. The van der Waals surface area contributed by atoms with E-state index >= 15 is 0 Å². The molecule has 2 aromatic rings. The number of piperidine rings is 1. The molecule has 1 N–H and O–H groups in total. The van der Waals surface area contributed by atoms with Crippen LogP contribution in [0.25, 0.3) is 5.52 Å².